The molecule has 2 aromatic heterocycles. The second-order valence-electron chi connectivity index (χ2n) is 12.0. The van der Waals surface area contributed by atoms with Gasteiger partial charge in [-0.25, -0.2) is 14.2 Å². The average Bonchev–Trinajstić information content (AvgIpc) is 3.76. The summed E-state index contributed by atoms with van der Waals surface area (Å²) in [5.41, 5.74) is 4.19. The topological polar surface area (TPSA) is 80.9 Å². The Bertz CT molecular complexity index is 1650. The molecule has 1 unspecified atom stereocenters. The van der Waals surface area contributed by atoms with Crippen LogP contribution in [0.2, 0.25) is 5.02 Å². The average molecular weight is 636 g/mol. The van der Waals surface area contributed by atoms with Crippen molar-refractivity contribution in [2.45, 2.75) is 58.1 Å². The molecule has 4 aromatic rings. The first kappa shape index (κ1) is 30.9. The second-order valence-corrected chi connectivity index (χ2v) is 12.4. The Balaban J connectivity index is 1.12. The molecule has 1 saturated heterocycles. The Labute approximate surface area is 267 Å². The molecular formula is C33H39ClFN7O3. The van der Waals surface area contributed by atoms with Gasteiger partial charge in [0.1, 0.15) is 18.6 Å². The van der Waals surface area contributed by atoms with Gasteiger partial charge < -0.3 is 23.8 Å². The largest absolute Gasteiger partial charge is 0.472 e. The molecule has 0 amide bonds. The molecule has 10 nitrogen and oxygen atoms in total. The number of likely N-dealkylation sites (tertiary alicyclic amines) is 1. The maximum absolute atomic E-state index is 14.1. The van der Waals surface area contributed by atoms with Crippen LogP contribution in [0, 0.1) is 5.82 Å². The first-order valence-electron chi connectivity index (χ1n) is 15.3. The zero-order valence-electron chi connectivity index (χ0n) is 26.1. The fraction of sp³-hybridized carbons (Fsp3) is 0.424. The van der Waals surface area contributed by atoms with Crippen LogP contribution < -0.4 is 14.5 Å². The van der Waals surface area contributed by atoms with Gasteiger partial charge in [-0.15, -0.1) is 5.10 Å². The van der Waals surface area contributed by atoms with Crippen molar-refractivity contribution in [1.29, 1.82) is 0 Å². The van der Waals surface area contributed by atoms with Gasteiger partial charge in [0.15, 0.2) is 0 Å². The van der Waals surface area contributed by atoms with Gasteiger partial charge in [-0.05, 0) is 57.0 Å². The van der Waals surface area contributed by atoms with Crippen molar-refractivity contribution >= 4 is 28.9 Å². The van der Waals surface area contributed by atoms with E-state index in [0.29, 0.717) is 28.6 Å². The van der Waals surface area contributed by atoms with E-state index < -0.39 is 5.82 Å². The van der Waals surface area contributed by atoms with Crippen molar-refractivity contribution in [3.63, 3.8) is 0 Å². The van der Waals surface area contributed by atoms with Crippen LogP contribution in [0.4, 0.5) is 15.8 Å². The number of piperidine rings is 1. The fourth-order valence-corrected chi connectivity index (χ4v) is 6.48. The first-order valence-corrected chi connectivity index (χ1v) is 15.7. The molecule has 1 fully saturated rings. The lowest BCUT2D eigenvalue weighted by Gasteiger charge is -2.38. The highest BCUT2D eigenvalue weighted by Crippen LogP contribution is 2.41. The van der Waals surface area contributed by atoms with Crippen LogP contribution >= 0.6 is 11.6 Å². The second kappa shape index (κ2) is 13.1. The summed E-state index contributed by atoms with van der Waals surface area (Å²) in [5.74, 6) is -0.263. The number of imidazole rings is 1. The lowest BCUT2D eigenvalue weighted by Crippen LogP contribution is -2.51. The number of likely N-dealkylation sites (N-methyl/N-ethyl adjacent to an activating group) is 1. The minimum atomic E-state index is -0.390. The van der Waals surface area contributed by atoms with E-state index in [4.69, 9.17) is 21.1 Å². The number of rotatable bonds is 10. The van der Waals surface area contributed by atoms with Crippen LogP contribution in [0.25, 0.3) is 0 Å². The summed E-state index contributed by atoms with van der Waals surface area (Å²) in [6.45, 7) is 7.73. The van der Waals surface area contributed by atoms with E-state index in [-0.39, 0.29) is 30.8 Å². The standard InChI is InChI=1S/C33H39ClFN7O3/c1-22(2)41-21-36-17-27(41)18-40-30-15-23(33(43)44-4)6-8-29(30)38(3)32(40)19-39-12-9-26(10-13-39)42-14-11-31(37-42)45-20-24-5-7-25(34)16-28(24)35/h5-8,11,14-17,21-22,26,32H,9-10,12-13,18-20H2,1-4H3. The SMILES string of the molecule is COC(=O)c1ccc2c(c1)N(Cc1cncn1C(C)C)C(CN1CCC(n3ccc(OCc4ccc(Cl)cc4F)n3)CC1)N2C. The summed E-state index contributed by atoms with van der Waals surface area (Å²) < 4.78 is 29.1. The minimum absolute atomic E-state index is 0.0675. The molecule has 0 spiro atoms. The predicted molar refractivity (Wildman–Crippen MR) is 171 cm³/mol. The molecule has 2 aliphatic rings. The first-order chi connectivity index (χ1) is 21.7. The number of benzene rings is 2. The third kappa shape index (κ3) is 6.50. The molecule has 12 heteroatoms. The van der Waals surface area contributed by atoms with Gasteiger partial charge in [-0.1, -0.05) is 17.7 Å². The number of hydrogen-bond donors (Lipinski definition) is 0. The molecule has 0 N–H and O–H groups in total. The van der Waals surface area contributed by atoms with Crippen molar-refractivity contribution in [2.24, 2.45) is 0 Å². The molecule has 45 heavy (non-hydrogen) atoms. The van der Waals surface area contributed by atoms with Crippen molar-refractivity contribution in [1.82, 2.24) is 24.2 Å². The molecule has 1 atom stereocenters. The Morgan fingerprint density at radius 2 is 1.91 bits per heavy atom. The summed E-state index contributed by atoms with van der Waals surface area (Å²) in [4.78, 5) is 24.0. The number of aromatic nitrogens is 4. The monoisotopic (exact) mass is 635 g/mol. The highest BCUT2D eigenvalue weighted by molar-refractivity contribution is 6.30. The number of methoxy groups -OCH3 is 1. The van der Waals surface area contributed by atoms with Crippen molar-refractivity contribution in [3.8, 4) is 5.88 Å². The van der Waals surface area contributed by atoms with Crippen molar-refractivity contribution in [3.05, 3.63) is 88.8 Å². The van der Waals surface area contributed by atoms with E-state index in [1.165, 1.54) is 13.2 Å². The van der Waals surface area contributed by atoms with E-state index in [1.54, 1.807) is 12.1 Å². The molecule has 0 aliphatic carbocycles. The van der Waals surface area contributed by atoms with Gasteiger partial charge in [0.05, 0.1) is 48.7 Å². The van der Waals surface area contributed by atoms with E-state index in [1.807, 2.05) is 47.7 Å². The molecule has 6 rings (SSSR count). The van der Waals surface area contributed by atoms with Gasteiger partial charge >= 0.3 is 5.97 Å². The Morgan fingerprint density at radius 1 is 1.11 bits per heavy atom. The zero-order chi connectivity index (χ0) is 31.7. The molecule has 2 aliphatic heterocycles. The van der Waals surface area contributed by atoms with Crippen LogP contribution in [-0.2, 0) is 17.9 Å². The normalized spacial score (nSPS) is 17.3. The summed E-state index contributed by atoms with van der Waals surface area (Å²) in [6, 6.07) is 12.7. The van der Waals surface area contributed by atoms with Crippen LogP contribution in [-0.4, -0.2) is 70.2 Å². The summed E-state index contributed by atoms with van der Waals surface area (Å²) >= 11 is 5.86. The lowest BCUT2D eigenvalue weighted by atomic mass is 10.1. The number of ether oxygens (including phenoxy) is 2. The maximum atomic E-state index is 14.1. The third-order valence-corrected chi connectivity index (χ3v) is 9.09. The number of nitrogens with zero attached hydrogens (tertiary/aromatic N) is 7. The van der Waals surface area contributed by atoms with E-state index in [2.05, 4.69) is 50.2 Å². The molecule has 0 radical (unpaired) electrons. The number of halogens is 2. The van der Waals surface area contributed by atoms with Crippen molar-refractivity contribution in [2.75, 3.05) is 43.6 Å². The fourth-order valence-electron chi connectivity index (χ4n) is 6.32. The number of hydrogen-bond acceptors (Lipinski definition) is 8. The third-order valence-electron chi connectivity index (χ3n) is 8.85. The number of anilines is 2. The van der Waals surface area contributed by atoms with Gasteiger partial charge in [0.25, 0.3) is 0 Å². The number of fused-ring (bicyclic) bond motifs is 1. The minimum Gasteiger partial charge on any atom is -0.472 e. The molecular weight excluding hydrogens is 597 g/mol. The van der Waals surface area contributed by atoms with E-state index in [9.17, 15) is 9.18 Å². The van der Waals surface area contributed by atoms with Gasteiger partial charge in [-0.2, -0.15) is 0 Å². The molecule has 4 heterocycles. The summed E-state index contributed by atoms with van der Waals surface area (Å²) in [5, 5.41) is 4.99. The molecule has 2 aromatic carbocycles. The Morgan fingerprint density at radius 3 is 2.64 bits per heavy atom. The van der Waals surface area contributed by atoms with Gasteiger partial charge in [0.2, 0.25) is 5.88 Å². The molecule has 238 valence electrons. The summed E-state index contributed by atoms with van der Waals surface area (Å²) in [7, 11) is 3.53. The smallest absolute Gasteiger partial charge is 0.337 e. The quantitative estimate of drug-likeness (QED) is 0.198. The van der Waals surface area contributed by atoms with E-state index in [0.717, 1.165) is 49.5 Å². The van der Waals surface area contributed by atoms with Gasteiger partial charge in [-0.3, -0.25) is 9.58 Å². The van der Waals surface area contributed by atoms with E-state index >= 15 is 0 Å². The molecule has 0 bridgehead atoms. The predicted octanol–water partition coefficient (Wildman–Crippen LogP) is 5.94. The Hall–Kier alpha value is -4.09. The number of carbonyl (C=O) groups excluding carboxylic acids is 1. The van der Waals surface area contributed by atoms with Gasteiger partial charge in [0, 0.05) is 61.8 Å². The number of esters is 1. The summed E-state index contributed by atoms with van der Waals surface area (Å²) in [6.07, 6.45) is 7.71. The van der Waals surface area contributed by atoms with Crippen molar-refractivity contribution < 1.29 is 18.7 Å². The maximum Gasteiger partial charge on any atom is 0.337 e. The highest BCUT2D eigenvalue weighted by Gasteiger charge is 2.37. The van der Waals surface area contributed by atoms with Crippen LogP contribution in [0.15, 0.2) is 61.2 Å². The number of carbonyl (C=O) groups is 1. The lowest BCUT2D eigenvalue weighted by molar-refractivity contribution is 0.0601. The molecule has 0 saturated carbocycles. The highest BCUT2D eigenvalue weighted by atomic mass is 35.5. The zero-order valence-corrected chi connectivity index (χ0v) is 26.8. The Kier molecular flexibility index (Phi) is 9.00. The van der Waals surface area contributed by atoms with Crippen LogP contribution in [0.3, 0.4) is 0 Å². The van der Waals surface area contributed by atoms with Crippen LogP contribution in [0.5, 0.6) is 5.88 Å². The van der Waals surface area contributed by atoms with Crippen LogP contribution in [0.1, 0.15) is 60.4 Å².